The van der Waals surface area contributed by atoms with Crippen LogP contribution in [0.5, 0.6) is 5.75 Å². The number of nitrogens with two attached hydrogens (primary N) is 1. The van der Waals surface area contributed by atoms with Crippen molar-refractivity contribution in [1.29, 1.82) is 0 Å². The van der Waals surface area contributed by atoms with Gasteiger partial charge in [-0.05, 0) is 24.6 Å². The third-order valence-corrected chi connectivity index (χ3v) is 3.44. The van der Waals surface area contributed by atoms with Crippen LogP contribution in [0.1, 0.15) is 11.1 Å². The van der Waals surface area contributed by atoms with E-state index < -0.39 is 0 Å². The van der Waals surface area contributed by atoms with Gasteiger partial charge in [-0.3, -0.25) is 5.10 Å². The Morgan fingerprint density at radius 2 is 1.76 bits per heavy atom. The van der Waals surface area contributed by atoms with E-state index in [1.807, 2.05) is 61.5 Å². The summed E-state index contributed by atoms with van der Waals surface area (Å²) in [5.41, 5.74) is 9.75. The number of H-pyrrole nitrogens is 1. The Morgan fingerprint density at radius 3 is 2.48 bits per heavy atom. The number of para-hydroxylation sites is 1. The van der Waals surface area contributed by atoms with Gasteiger partial charge in [0, 0.05) is 11.1 Å². The minimum Gasteiger partial charge on any atom is -0.488 e. The number of benzene rings is 2. The zero-order valence-electron chi connectivity index (χ0n) is 11.8. The molecular weight excluding hydrogens is 262 g/mol. The second-order valence-corrected chi connectivity index (χ2v) is 4.88. The van der Waals surface area contributed by atoms with E-state index in [0.717, 1.165) is 28.1 Å². The number of aromatic nitrogens is 2. The number of nitrogen functional groups attached to an aromatic ring is 1. The summed E-state index contributed by atoms with van der Waals surface area (Å²) < 4.78 is 5.95. The summed E-state index contributed by atoms with van der Waals surface area (Å²) in [6.45, 7) is 2.47. The van der Waals surface area contributed by atoms with Crippen LogP contribution in [0.4, 0.5) is 5.82 Å². The van der Waals surface area contributed by atoms with Crippen LogP contribution in [0, 0.1) is 6.92 Å². The fraction of sp³-hybridized carbons (Fsp3) is 0.118. The zero-order valence-corrected chi connectivity index (χ0v) is 11.8. The molecule has 0 spiro atoms. The summed E-state index contributed by atoms with van der Waals surface area (Å²) >= 11 is 0. The molecule has 0 amide bonds. The maximum Gasteiger partial charge on any atom is 0.148 e. The monoisotopic (exact) mass is 279 g/mol. The first-order valence-electron chi connectivity index (χ1n) is 6.82. The highest BCUT2D eigenvalue weighted by molar-refractivity contribution is 5.72. The van der Waals surface area contributed by atoms with Gasteiger partial charge in [-0.15, -0.1) is 0 Å². The topological polar surface area (TPSA) is 63.9 Å². The highest BCUT2D eigenvalue weighted by atomic mass is 16.5. The van der Waals surface area contributed by atoms with E-state index in [1.54, 1.807) is 0 Å². The van der Waals surface area contributed by atoms with Gasteiger partial charge in [-0.1, -0.05) is 42.5 Å². The van der Waals surface area contributed by atoms with Crippen molar-refractivity contribution >= 4 is 5.82 Å². The first-order valence-corrected chi connectivity index (χ1v) is 6.82. The molecule has 0 aliphatic rings. The molecule has 0 radical (unpaired) electrons. The molecule has 0 aliphatic carbocycles. The molecule has 0 aliphatic heterocycles. The molecule has 4 heteroatoms. The van der Waals surface area contributed by atoms with Gasteiger partial charge in [0.1, 0.15) is 18.2 Å². The van der Waals surface area contributed by atoms with Gasteiger partial charge in [0.2, 0.25) is 0 Å². The van der Waals surface area contributed by atoms with Crippen molar-refractivity contribution in [2.24, 2.45) is 0 Å². The summed E-state index contributed by atoms with van der Waals surface area (Å²) in [5.74, 6) is 1.33. The van der Waals surface area contributed by atoms with Crippen LogP contribution < -0.4 is 10.5 Å². The van der Waals surface area contributed by atoms with Gasteiger partial charge in [0.05, 0.1) is 5.69 Å². The number of ether oxygens (including phenoxy) is 1. The van der Waals surface area contributed by atoms with E-state index in [2.05, 4.69) is 10.2 Å². The quantitative estimate of drug-likeness (QED) is 0.767. The Bertz CT molecular complexity index is 735. The van der Waals surface area contributed by atoms with Crippen molar-refractivity contribution in [2.45, 2.75) is 13.5 Å². The number of nitrogens with one attached hydrogen (secondary N) is 1. The lowest BCUT2D eigenvalue weighted by Gasteiger charge is -2.11. The number of nitrogens with zero attached hydrogens (tertiary/aromatic N) is 1. The number of aromatic amines is 1. The van der Waals surface area contributed by atoms with E-state index >= 15 is 0 Å². The Kier molecular flexibility index (Phi) is 3.60. The summed E-state index contributed by atoms with van der Waals surface area (Å²) in [5, 5.41) is 7.02. The molecule has 1 heterocycles. The van der Waals surface area contributed by atoms with Crippen LogP contribution in [0.25, 0.3) is 11.3 Å². The maximum atomic E-state index is 5.95. The average Bonchev–Trinajstić information content (AvgIpc) is 2.86. The number of anilines is 1. The van der Waals surface area contributed by atoms with Crippen molar-refractivity contribution < 1.29 is 4.74 Å². The van der Waals surface area contributed by atoms with Gasteiger partial charge in [-0.2, -0.15) is 5.10 Å². The summed E-state index contributed by atoms with van der Waals surface area (Å²) in [6, 6.07) is 18.0. The molecule has 0 saturated carbocycles. The van der Waals surface area contributed by atoms with Crippen LogP contribution in [0.3, 0.4) is 0 Å². The van der Waals surface area contributed by atoms with Crippen molar-refractivity contribution in [1.82, 2.24) is 10.2 Å². The van der Waals surface area contributed by atoms with E-state index in [4.69, 9.17) is 10.5 Å². The third-order valence-electron chi connectivity index (χ3n) is 3.44. The first-order chi connectivity index (χ1) is 10.3. The van der Waals surface area contributed by atoms with E-state index in [-0.39, 0.29) is 0 Å². The molecule has 0 bridgehead atoms. The molecule has 2 aromatic carbocycles. The molecule has 0 fully saturated rings. The van der Waals surface area contributed by atoms with E-state index in [9.17, 15) is 0 Å². The second-order valence-electron chi connectivity index (χ2n) is 4.88. The minimum absolute atomic E-state index is 0.517. The highest BCUT2D eigenvalue weighted by Gasteiger charge is 2.12. The van der Waals surface area contributed by atoms with Gasteiger partial charge in [-0.25, -0.2) is 0 Å². The van der Waals surface area contributed by atoms with Crippen LogP contribution in [-0.2, 0) is 6.61 Å². The largest absolute Gasteiger partial charge is 0.488 e. The van der Waals surface area contributed by atoms with Crippen molar-refractivity contribution in [3.05, 3.63) is 65.7 Å². The van der Waals surface area contributed by atoms with E-state index in [1.165, 1.54) is 0 Å². The van der Waals surface area contributed by atoms with Crippen molar-refractivity contribution in [3.63, 3.8) is 0 Å². The molecule has 106 valence electrons. The Hall–Kier alpha value is -2.75. The molecule has 0 unspecified atom stereocenters. The molecule has 3 N–H and O–H groups in total. The second kappa shape index (κ2) is 5.71. The summed E-state index contributed by atoms with van der Waals surface area (Å²) in [4.78, 5) is 0. The normalized spacial score (nSPS) is 10.5. The summed E-state index contributed by atoms with van der Waals surface area (Å²) in [7, 11) is 0. The average molecular weight is 279 g/mol. The molecular formula is C17H17N3O. The molecule has 4 nitrogen and oxygen atoms in total. The molecule has 21 heavy (non-hydrogen) atoms. The number of hydrogen-bond acceptors (Lipinski definition) is 3. The zero-order chi connectivity index (χ0) is 14.7. The Morgan fingerprint density at radius 1 is 1.05 bits per heavy atom. The smallest absolute Gasteiger partial charge is 0.148 e. The van der Waals surface area contributed by atoms with Crippen LogP contribution in [0.15, 0.2) is 54.6 Å². The molecule has 0 atom stereocenters. The molecule has 0 saturated heterocycles. The highest BCUT2D eigenvalue weighted by Crippen LogP contribution is 2.32. The SMILES string of the molecule is Cc1c(N)n[nH]c1-c1ccccc1OCc1ccccc1. The predicted molar refractivity (Wildman–Crippen MR) is 83.9 cm³/mol. The minimum atomic E-state index is 0.517. The van der Waals surface area contributed by atoms with Crippen molar-refractivity contribution in [2.75, 3.05) is 5.73 Å². The van der Waals surface area contributed by atoms with Gasteiger partial charge in [0.15, 0.2) is 0 Å². The third kappa shape index (κ3) is 2.74. The lowest BCUT2D eigenvalue weighted by molar-refractivity contribution is 0.307. The molecule has 3 aromatic rings. The van der Waals surface area contributed by atoms with Gasteiger partial charge < -0.3 is 10.5 Å². The Labute approximate surface area is 123 Å². The van der Waals surface area contributed by atoms with E-state index in [0.29, 0.717) is 12.4 Å². The van der Waals surface area contributed by atoms with Crippen LogP contribution in [0.2, 0.25) is 0 Å². The predicted octanol–water partition coefficient (Wildman–Crippen LogP) is 3.55. The fourth-order valence-electron chi connectivity index (χ4n) is 2.21. The fourth-order valence-corrected chi connectivity index (χ4v) is 2.21. The van der Waals surface area contributed by atoms with Gasteiger partial charge in [0.25, 0.3) is 0 Å². The van der Waals surface area contributed by atoms with Gasteiger partial charge >= 0.3 is 0 Å². The standard InChI is InChI=1S/C17H17N3O/c1-12-16(19-20-17(12)18)14-9-5-6-10-15(14)21-11-13-7-3-2-4-8-13/h2-10H,11H2,1H3,(H3,18,19,20). The Balaban J connectivity index is 1.88. The maximum absolute atomic E-state index is 5.95. The molecule has 1 aromatic heterocycles. The van der Waals surface area contributed by atoms with Crippen LogP contribution in [-0.4, -0.2) is 10.2 Å². The van der Waals surface area contributed by atoms with Crippen LogP contribution >= 0.6 is 0 Å². The van der Waals surface area contributed by atoms with Crippen molar-refractivity contribution in [3.8, 4) is 17.0 Å². The lowest BCUT2D eigenvalue weighted by atomic mass is 10.1. The first kappa shape index (κ1) is 13.2. The number of rotatable bonds is 4. The summed E-state index contributed by atoms with van der Waals surface area (Å²) in [6.07, 6.45) is 0. The molecule has 3 rings (SSSR count). The lowest BCUT2D eigenvalue weighted by Crippen LogP contribution is -1.97. The number of hydrogen-bond donors (Lipinski definition) is 2.